The normalized spacial score (nSPS) is 19.2. The maximum absolute atomic E-state index is 14.0. The molecule has 1 aromatic rings. The maximum atomic E-state index is 14.0. The summed E-state index contributed by atoms with van der Waals surface area (Å²) in [5.41, 5.74) is 0.799. The van der Waals surface area contributed by atoms with E-state index in [0.29, 0.717) is 0 Å². The average Bonchev–Trinajstić information content (AvgIpc) is 2.47. The summed E-state index contributed by atoms with van der Waals surface area (Å²) < 4.78 is 14.9. The first-order valence-electron chi connectivity index (χ1n) is 7.45. The molecule has 0 aromatic heterocycles. The second-order valence-electron chi connectivity index (χ2n) is 5.71. The number of likely N-dealkylation sites (tertiary alicyclic amines) is 1. The van der Waals surface area contributed by atoms with Crippen molar-refractivity contribution in [1.29, 1.82) is 0 Å². The van der Waals surface area contributed by atoms with Gasteiger partial charge in [0, 0.05) is 16.1 Å². The van der Waals surface area contributed by atoms with E-state index in [9.17, 15) is 4.39 Å². The first-order chi connectivity index (χ1) is 9.61. The monoisotopic (exact) mass is 342 g/mol. The topological polar surface area (TPSA) is 15.3 Å². The smallest absolute Gasteiger partial charge is 0.128 e. The van der Waals surface area contributed by atoms with Gasteiger partial charge in [0.1, 0.15) is 5.82 Å². The van der Waals surface area contributed by atoms with Crippen molar-refractivity contribution >= 4 is 15.9 Å². The van der Waals surface area contributed by atoms with Crippen LogP contribution >= 0.6 is 15.9 Å². The van der Waals surface area contributed by atoms with Gasteiger partial charge < -0.3 is 5.32 Å². The Bertz CT molecular complexity index is 430. The minimum atomic E-state index is -0.0991. The molecule has 1 unspecified atom stereocenters. The molecule has 0 radical (unpaired) electrons. The minimum Gasteiger partial charge on any atom is -0.320 e. The number of halogens is 2. The summed E-state index contributed by atoms with van der Waals surface area (Å²) >= 11 is 3.43. The molecule has 1 atom stereocenters. The van der Waals surface area contributed by atoms with Crippen molar-refractivity contribution in [2.75, 3.05) is 26.7 Å². The number of nitrogens with zero attached hydrogens (tertiary/aromatic N) is 1. The van der Waals surface area contributed by atoms with Gasteiger partial charge in [-0.3, -0.25) is 4.90 Å². The number of nitrogens with one attached hydrogen (secondary N) is 1. The third-order valence-corrected chi connectivity index (χ3v) is 4.90. The molecule has 1 aromatic carbocycles. The number of benzene rings is 1. The molecule has 1 fully saturated rings. The van der Waals surface area contributed by atoms with E-state index in [-0.39, 0.29) is 11.9 Å². The quantitative estimate of drug-likeness (QED) is 0.870. The summed E-state index contributed by atoms with van der Waals surface area (Å²) in [6.07, 6.45) is 3.70. The summed E-state index contributed by atoms with van der Waals surface area (Å²) in [5, 5.41) is 3.22. The Kier molecular flexibility index (Phi) is 6.00. The second kappa shape index (κ2) is 7.53. The minimum absolute atomic E-state index is 0.0991. The largest absolute Gasteiger partial charge is 0.320 e. The molecule has 0 bridgehead atoms. The lowest BCUT2D eigenvalue weighted by atomic mass is 9.92. The summed E-state index contributed by atoms with van der Waals surface area (Å²) in [7, 11) is 2.01. The zero-order valence-electron chi connectivity index (χ0n) is 12.3. The molecule has 0 spiro atoms. The zero-order chi connectivity index (χ0) is 14.5. The Balaban J connectivity index is 1.94. The lowest BCUT2D eigenvalue weighted by Gasteiger charge is -2.36. The van der Waals surface area contributed by atoms with Gasteiger partial charge >= 0.3 is 0 Å². The molecule has 0 amide bonds. The van der Waals surface area contributed by atoms with Crippen LogP contribution in [0.2, 0.25) is 0 Å². The van der Waals surface area contributed by atoms with Crippen molar-refractivity contribution in [2.24, 2.45) is 5.92 Å². The highest BCUT2D eigenvalue weighted by atomic mass is 79.9. The Morgan fingerprint density at radius 3 is 2.75 bits per heavy atom. The van der Waals surface area contributed by atoms with Gasteiger partial charge in [-0.25, -0.2) is 4.39 Å². The molecule has 0 saturated carbocycles. The highest BCUT2D eigenvalue weighted by Gasteiger charge is 2.24. The van der Waals surface area contributed by atoms with Crippen LogP contribution in [-0.4, -0.2) is 31.6 Å². The Morgan fingerprint density at radius 2 is 2.10 bits per heavy atom. The standard InChI is InChI=1S/C16H24BrFN2/c1-12(15-11-14(17)3-4-16(15)18)20-9-6-13(7-10-20)5-8-19-2/h3-4,11-13,19H,5-10H2,1-2H3. The first kappa shape index (κ1) is 15.9. The molecule has 1 N–H and O–H groups in total. The van der Waals surface area contributed by atoms with Crippen LogP contribution in [0.4, 0.5) is 4.39 Å². The third-order valence-electron chi connectivity index (χ3n) is 4.41. The lowest BCUT2D eigenvalue weighted by Crippen LogP contribution is -2.36. The molecular weight excluding hydrogens is 319 g/mol. The number of hydrogen-bond acceptors (Lipinski definition) is 2. The van der Waals surface area contributed by atoms with Gasteiger partial charge in [-0.1, -0.05) is 15.9 Å². The van der Waals surface area contributed by atoms with Crippen LogP contribution in [0.25, 0.3) is 0 Å². The fourth-order valence-corrected chi connectivity index (χ4v) is 3.39. The third kappa shape index (κ3) is 4.03. The SMILES string of the molecule is CNCCC1CCN(C(C)c2cc(Br)ccc2F)CC1. The van der Waals surface area contributed by atoms with Crippen LogP contribution in [0.5, 0.6) is 0 Å². The molecule has 2 rings (SSSR count). The number of rotatable bonds is 5. The van der Waals surface area contributed by atoms with Crippen molar-refractivity contribution in [3.8, 4) is 0 Å². The molecule has 2 nitrogen and oxygen atoms in total. The lowest BCUT2D eigenvalue weighted by molar-refractivity contribution is 0.135. The zero-order valence-corrected chi connectivity index (χ0v) is 13.9. The highest BCUT2D eigenvalue weighted by Crippen LogP contribution is 2.30. The van der Waals surface area contributed by atoms with E-state index in [1.807, 2.05) is 13.1 Å². The molecule has 0 aliphatic carbocycles. The van der Waals surface area contributed by atoms with Crippen molar-refractivity contribution in [2.45, 2.75) is 32.2 Å². The van der Waals surface area contributed by atoms with Crippen LogP contribution in [0, 0.1) is 11.7 Å². The van der Waals surface area contributed by atoms with E-state index < -0.39 is 0 Å². The van der Waals surface area contributed by atoms with E-state index in [0.717, 1.165) is 35.6 Å². The van der Waals surface area contributed by atoms with Gasteiger partial charge in [0.25, 0.3) is 0 Å². The average molecular weight is 343 g/mol. The van der Waals surface area contributed by atoms with Crippen LogP contribution < -0.4 is 5.32 Å². The highest BCUT2D eigenvalue weighted by molar-refractivity contribution is 9.10. The molecule has 20 heavy (non-hydrogen) atoms. The van der Waals surface area contributed by atoms with Crippen molar-refractivity contribution in [3.63, 3.8) is 0 Å². The molecule has 1 aliphatic heterocycles. The molecule has 1 aliphatic rings. The summed E-state index contributed by atoms with van der Waals surface area (Å²) in [6.45, 7) is 5.35. The molecule has 1 heterocycles. The van der Waals surface area contributed by atoms with Crippen LogP contribution in [-0.2, 0) is 0 Å². The number of hydrogen-bond donors (Lipinski definition) is 1. The fourth-order valence-electron chi connectivity index (χ4n) is 3.01. The second-order valence-corrected chi connectivity index (χ2v) is 6.63. The molecule has 4 heteroatoms. The van der Waals surface area contributed by atoms with Crippen LogP contribution in [0.15, 0.2) is 22.7 Å². The summed E-state index contributed by atoms with van der Waals surface area (Å²) in [4.78, 5) is 2.40. The first-order valence-corrected chi connectivity index (χ1v) is 8.24. The molecular formula is C16H24BrFN2. The van der Waals surface area contributed by atoms with E-state index in [1.165, 1.54) is 19.3 Å². The van der Waals surface area contributed by atoms with Gasteiger partial charge in [-0.15, -0.1) is 0 Å². The maximum Gasteiger partial charge on any atom is 0.128 e. The van der Waals surface area contributed by atoms with E-state index in [1.54, 1.807) is 12.1 Å². The Labute approximate surface area is 129 Å². The van der Waals surface area contributed by atoms with Crippen molar-refractivity contribution < 1.29 is 4.39 Å². The van der Waals surface area contributed by atoms with Gasteiger partial charge in [0.05, 0.1) is 0 Å². The van der Waals surface area contributed by atoms with E-state index in [4.69, 9.17) is 0 Å². The Hall–Kier alpha value is -0.450. The predicted octanol–water partition coefficient (Wildman–Crippen LogP) is 3.97. The summed E-state index contributed by atoms with van der Waals surface area (Å²) in [6, 6.07) is 5.37. The van der Waals surface area contributed by atoms with Crippen LogP contribution in [0.1, 0.15) is 37.8 Å². The van der Waals surface area contributed by atoms with Crippen molar-refractivity contribution in [3.05, 3.63) is 34.1 Å². The van der Waals surface area contributed by atoms with Crippen molar-refractivity contribution in [1.82, 2.24) is 10.2 Å². The fraction of sp³-hybridized carbons (Fsp3) is 0.625. The number of piperidine rings is 1. The predicted molar refractivity (Wildman–Crippen MR) is 85.4 cm³/mol. The van der Waals surface area contributed by atoms with Gasteiger partial charge in [-0.2, -0.15) is 0 Å². The molecule has 1 saturated heterocycles. The summed E-state index contributed by atoms with van der Waals surface area (Å²) in [5.74, 6) is 0.719. The van der Waals surface area contributed by atoms with Gasteiger partial charge in [0.2, 0.25) is 0 Å². The molecule has 112 valence electrons. The van der Waals surface area contributed by atoms with Gasteiger partial charge in [-0.05, 0) is 77.0 Å². The Morgan fingerprint density at radius 1 is 1.40 bits per heavy atom. The van der Waals surface area contributed by atoms with Gasteiger partial charge in [0.15, 0.2) is 0 Å². The van der Waals surface area contributed by atoms with E-state index in [2.05, 4.69) is 33.1 Å². The van der Waals surface area contributed by atoms with Crippen LogP contribution in [0.3, 0.4) is 0 Å². The van der Waals surface area contributed by atoms with E-state index >= 15 is 0 Å².